The highest BCUT2D eigenvalue weighted by Gasteiger charge is 2.13. The van der Waals surface area contributed by atoms with Crippen molar-refractivity contribution >= 4 is 15.9 Å². The first-order valence-electron chi connectivity index (χ1n) is 6.52. The Labute approximate surface area is 119 Å². The van der Waals surface area contributed by atoms with Crippen molar-refractivity contribution in [3.8, 4) is 0 Å². The molecule has 2 nitrogen and oxygen atoms in total. The SMILES string of the molecule is CCC(CNC(C)(C)C)OCc1ccccc1Br. The van der Waals surface area contributed by atoms with Crippen molar-refractivity contribution in [2.24, 2.45) is 0 Å². The van der Waals surface area contributed by atoms with Crippen molar-refractivity contribution in [1.29, 1.82) is 0 Å². The Morgan fingerprint density at radius 1 is 1.28 bits per heavy atom. The van der Waals surface area contributed by atoms with E-state index >= 15 is 0 Å². The molecule has 0 aromatic heterocycles. The summed E-state index contributed by atoms with van der Waals surface area (Å²) in [5.41, 5.74) is 1.34. The second-order valence-electron chi connectivity index (χ2n) is 5.56. The second kappa shape index (κ2) is 7.27. The number of benzene rings is 1. The van der Waals surface area contributed by atoms with Gasteiger partial charge in [0.1, 0.15) is 0 Å². The molecule has 1 rings (SSSR count). The summed E-state index contributed by atoms with van der Waals surface area (Å²) < 4.78 is 7.08. The van der Waals surface area contributed by atoms with Crippen molar-refractivity contribution in [3.63, 3.8) is 0 Å². The van der Waals surface area contributed by atoms with Gasteiger partial charge in [0.2, 0.25) is 0 Å². The molecular weight excluding hydrogens is 290 g/mol. The van der Waals surface area contributed by atoms with Crippen LogP contribution in [0.4, 0.5) is 0 Å². The summed E-state index contributed by atoms with van der Waals surface area (Å²) in [6.45, 7) is 10.2. The summed E-state index contributed by atoms with van der Waals surface area (Å²) in [6, 6.07) is 8.20. The minimum absolute atomic E-state index is 0.143. The number of nitrogens with one attached hydrogen (secondary N) is 1. The fourth-order valence-electron chi connectivity index (χ4n) is 1.56. The standard InChI is InChI=1S/C15H24BrNO/c1-5-13(10-17-15(2,3)4)18-11-12-8-6-7-9-14(12)16/h6-9,13,17H,5,10-11H2,1-4H3. The van der Waals surface area contributed by atoms with E-state index in [1.165, 1.54) is 5.56 Å². The van der Waals surface area contributed by atoms with E-state index in [0.29, 0.717) is 6.61 Å². The van der Waals surface area contributed by atoms with Crippen molar-refractivity contribution < 1.29 is 4.74 Å². The number of halogens is 1. The lowest BCUT2D eigenvalue weighted by molar-refractivity contribution is 0.0343. The van der Waals surface area contributed by atoms with Crippen LogP contribution in [0.1, 0.15) is 39.7 Å². The van der Waals surface area contributed by atoms with Crippen molar-refractivity contribution in [1.82, 2.24) is 5.32 Å². The molecule has 0 aliphatic carbocycles. The Morgan fingerprint density at radius 3 is 2.50 bits per heavy atom. The van der Waals surface area contributed by atoms with Gasteiger partial charge in [-0.05, 0) is 38.8 Å². The van der Waals surface area contributed by atoms with E-state index in [-0.39, 0.29) is 11.6 Å². The molecule has 0 fully saturated rings. The van der Waals surface area contributed by atoms with Crippen LogP contribution in [0.25, 0.3) is 0 Å². The van der Waals surface area contributed by atoms with Crippen LogP contribution in [-0.2, 0) is 11.3 Å². The fourth-order valence-corrected chi connectivity index (χ4v) is 1.96. The van der Waals surface area contributed by atoms with Crippen LogP contribution in [0.5, 0.6) is 0 Å². The summed E-state index contributed by atoms with van der Waals surface area (Å²) in [5.74, 6) is 0. The normalized spacial score (nSPS) is 13.6. The van der Waals surface area contributed by atoms with E-state index in [0.717, 1.165) is 17.4 Å². The van der Waals surface area contributed by atoms with Gasteiger partial charge in [0.05, 0.1) is 12.7 Å². The molecule has 1 aromatic carbocycles. The third-order valence-corrected chi connectivity index (χ3v) is 3.52. The monoisotopic (exact) mass is 313 g/mol. The maximum absolute atomic E-state index is 5.96. The molecule has 0 spiro atoms. The average Bonchev–Trinajstić information content (AvgIpc) is 2.30. The number of rotatable bonds is 6. The highest BCUT2D eigenvalue weighted by atomic mass is 79.9. The highest BCUT2D eigenvalue weighted by molar-refractivity contribution is 9.10. The maximum atomic E-state index is 5.96. The van der Waals surface area contributed by atoms with Crippen LogP contribution in [0.15, 0.2) is 28.7 Å². The molecule has 0 amide bonds. The molecule has 3 heteroatoms. The van der Waals surface area contributed by atoms with Crippen LogP contribution in [0.2, 0.25) is 0 Å². The predicted molar refractivity (Wildman–Crippen MR) is 80.8 cm³/mol. The van der Waals surface area contributed by atoms with Gasteiger partial charge in [-0.3, -0.25) is 0 Å². The van der Waals surface area contributed by atoms with Crippen molar-refractivity contribution in [3.05, 3.63) is 34.3 Å². The largest absolute Gasteiger partial charge is 0.372 e. The Kier molecular flexibility index (Phi) is 6.33. The van der Waals surface area contributed by atoms with Crippen molar-refractivity contribution in [2.45, 2.75) is 52.4 Å². The molecule has 1 aromatic rings. The van der Waals surface area contributed by atoms with E-state index < -0.39 is 0 Å². The van der Waals surface area contributed by atoms with Gasteiger partial charge >= 0.3 is 0 Å². The maximum Gasteiger partial charge on any atom is 0.0732 e. The quantitative estimate of drug-likeness (QED) is 0.852. The van der Waals surface area contributed by atoms with Crippen LogP contribution in [-0.4, -0.2) is 18.2 Å². The minimum Gasteiger partial charge on any atom is -0.372 e. The molecular formula is C15H24BrNO. The summed E-state index contributed by atoms with van der Waals surface area (Å²) in [5, 5.41) is 3.49. The zero-order valence-electron chi connectivity index (χ0n) is 11.8. The van der Waals surface area contributed by atoms with Crippen molar-refractivity contribution in [2.75, 3.05) is 6.54 Å². The zero-order chi connectivity index (χ0) is 13.6. The lowest BCUT2D eigenvalue weighted by atomic mass is 10.1. The van der Waals surface area contributed by atoms with Gasteiger partial charge in [-0.1, -0.05) is 41.1 Å². The molecule has 0 heterocycles. The van der Waals surface area contributed by atoms with E-state index in [4.69, 9.17) is 4.74 Å². The lowest BCUT2D eigenvalue weighted by Gasteiger charge is -2.25. The summed E-state index contributed by atoms with van der Waals surface area (Å²) in [7, 11) is 0. The summed E-state index contributed by atoms with van der Waals surface area (Å²) in [6.07, 6.45) is 1.28. The van der Waals surface area contributed by atoms with Gasteiger partial charge in [-0.15, -0.1) is 0 Å². The number of ether oxygens (including phenoxy) is 1. The third-order valence-electron chi connectivity index (χ3n) is 2.75. The van der Waals surface area contributed by atoms with Crippen LogP contribution in [0.3, 0.4) is 0 Å². The van der Waals surface area contributed by atoms with Gasteiger partial charge in [0.15, 0.2) is 0 Å². The second-order valence-corrected chi connectivity index (χ2v) is 6.42. The molecule has 0 aliphatic heterocycles. The Balaban J connectivity index is 2.43. The Hall–Kier alpha value is -0.380. The first kappa shape index (κ1) is 15.7. The summed E-state index contributed by atoms with van der Waals surface area (Å²) in [4.78, 5) is 0. The highest BCUT2D eigenvalue weighted by Crippen LogP contribution is 2.17. The minimum atomic E-state index is 0.143. The molecule has 102 valence electrons. The topological polar surface area (TPSA) is 21.3 Å². The zero-order valence-corrected chi connectivity index (χ0v) is 13.4. The van der Waals surface area contributed by atoms with Gasteiger partial charge in [-0.25, -0.2) is 0 Å². The molecule has 0 radical (unpaired) electrons. The molecule has 1 atom stereocenters. The smallest absolute Gasteiger partial charge is 0.0732 e. The van der Waals surface area contributed by atoms with Gasteiger partial charge < -0.3 is 10.1 Å². The molecule has 0 aliphatic rings. The van der Waals surface area contributed by atoms with Gasteiger partial charge in [-0.2, -0.15) is 0 Å². The lowest BCUT2D eigenvalue weighted by Crippen LogP contribution is -2.41. The first-order chi connectivity index (χ1) is 8.42. The molecule has 0 bridgehead atoms. The predicted octanol–water partition coefficient (Wildman–Crippen LogP) is 4.13. The van der Waals surface area contributed by atoms with E-state index in [9.17, 15) is 0 Å². The molecule has 1 unspecified atom stereocenters. The summed E-state index contributed by atoms with van der Waals surface area (Å²) >= 11 is 3.54. The third kappa shape index (κ3) is 5.98. The molecule has 1 N–H and O–H groups in total. The van der Waals surface area contributed by atoms with Gasteiger partial charge in [0.25, 0.3) is 0 Å². The average molecular weight is 314 g/mol. The molecule has 18 heavy (non-hydrogen) atoms. The van der Waals surface area contributed by atoms with E-state index in [2.05, 4.69) is 55.0 Å². The Bertz CT molecular complexity index is 360. The van der Waals surface area contributed by atoms with Crippen LogP contribution in [0, 0.1) is 0 Å². The molecule has 0 saturated carbocycles. The van der Waals surface area contributed by atoms with Gasteiger partial charge in [0, 0.05) is 16.6 Å². The van der Waals surface area contributed by atoms with Crippen LogP contribution >= 0.6 is 15.9 Å². The van der Waals surface area contributed by atoms with Crippen LogP contribution < -0.4 is 5.32 Å². The Morgan fingerprint density at radius 2 is 1.94 bits per heavy atom. The fraction of sp³-hybridized carbons (Fsp3) is 0.600. The van der Waals surface area contributed by atoms with E-state index in [1.807, 2.05) is 18.2 Å². The molecule has 0 saturated heterocycles. The first-order valence-corrected chi connectivity index (χ1v) is 7.31. The number of hydrogen-bond donors (Lipinski definition) is 1. The van der Waals surface area contributed by atoms with E-state index in [1.54, 1.807) is 0 Å². The number of hydrogen-bond acceptors (Lipinski definition) is 2.